The Morgan fingerprint density at radius 3 is 1.68 bits per heavy atom. The van der Waals surface area contributed by atoms with Crippen molar-refractivity contribution in [3.05, 3.63) is 181 Å². The summed E-state index contributed by atoms with van der Waals surface area (Å²) >= 11 is 0. The first-order valence-electron chi connectivity index (χ1n) is 19.2. The standard InChI is InChI=1S/C52H35N3O/c1-32-19-23-43-45(27-32)41-18-9-8-17-40(41)42-24-20-36(29-46(42)43)37-22-26-48-47(30-37)44-25-21-38(31-49(44)56-48)35-15-10-16-39(28-35)52-54-50(33-11-4-2-5-12-33)53-51(55-52)34-13-6-3-7-14-34/h2-26,28-32H,27H2,1H3. The minimum atomic E-state index is 0.532. The molecule has 4 nitrogen and oxygen atoms in total. The molecule has 2 heterocycles. The predicted molar refractivity (Wildman–Crippen MR) is 231 cm³/mol. The SMILES string of the molecule is CC1C=Cc2c(c3ccccc3c3ccc(-c4ccc5oc6cc(-c7cccc(-c8nc(-c9ccccc9)nc(-c9ccccc9)n8)c7)ccc6c5c4)cc23)C1. The number of nitrogens with zero attached hydrogens (tertiary/aromatic N) is 3. The zero-order valence-corrected chi connectivity index (χ0v) is 30.8. The van der Waals surface area contributed by atoms with Crippen LogP contribution in [0.2, 0.25) is 0 Å². The Morgan fingerprint density at radius 2 is 0.946 bits per heavy atom. The maximum absolute atomic E-state index is 6.51. The molecule has 4 heteroatoms. The zero-order valence-electron chi connectivity index (χ0n) is 30.8. The van der Waals surface area contributed by atoms with Gasteiger partial charge in [-0.2, -0.15) is 0 Å². The molecule has 0 saturated carbocycles. The Morgan fingerprint density at radius 1 is 0.411 bits per heavy atom. The molecule has 264 valence electrons. The van der Waals surface area contributed by atoms with Gasteiger partial charge in [-0.3, -0.25) is 0 Å². The van der Waals surface area contributed by atoms with Gasteiger partial charge in [-0.05, 0) is 104 Å². The Kier molecular flexibility index (Phi) is 7.49. The van der Waals surface area contributed by atoms with Crippen LogP contribution in [0.3, 0.4) is 0 Å². The van der Waals surface area contributed by atoms with E-state index in [4.69, 9.17) is 19.4 Å². The number of fused-ring (bicyclic) bond motifs is 9. The van der Waals surface area contributed by atoms with Gasteiger partial charge in [0.25, 0.3) is 0 Å². The smallest absolute Gasteiger partial charge is 0.164 e. The van der Waals surface area contributed by atoms with Gasteiger partial charge in [0.1, 0.15) is 11.2 Å². The van der Waals surface area contributed by atoms with E-state index in [9.17, 15) is 0 Å². The van der Waals surface area contributed by atoms with Crippen molar-refractivity contribution in [3.8, 4) is 56.4 Å². The summed E-state index contributed by atoms with van der Waals surface area (Å²) in [7, 11) is 0. The number of furan rings is 1. The zero-order chi connectivity index (χ0) is 37.2. The van der Waals surface area contributed by atoms with Crippen LogP contribution in [0.15, 0.2) is 174 Å². The first-order chi connectivity index (χ1) is 27.6. The second kappa shape index (κ2) is 13.0. The normalized spacial score (nSPS) is 13.8. The minimum absolute atomic E-state index is 0.532. The Balaban J connectivity index is 0.972. The van der Waals surface area contributed by atoms with E-state index in [1.165, 1.54) is 43.8 Å². The van der Waals surface area contributed by atoms with Crippen LogP contribution in [0.25, 0.3) is 106 Å². The van der Waals surface area contributed by atoms with Crippen LogP contribution < -0.4 is 0 Å². The summed E-state index contributed by atoms with van der Waals surface area (Å²) < 4.78 is 6.51. The van der Waals surface area contributed by atoms with Crippen molar-refractivity contribution < 1.29 is 4.42 Å². The molecule has 0 saturated heterocycles. The highest BCUT2D eigenvalue weighted by Crippen LogP contribution is 2.41. The maximum Gasteiger partial charge on any atom is 0.164 e. The predicted octanol–water partition coefficient (Wildman–Crippen LogP) is 13.6. The molecule has 0 fully saturated rings. The number of aromatic nitrogens is 3. The highest BCUT2D eigenvalue weighted by Gasteiger charge is 2.19. The minimum Gasteiger partial charge on any atom is -0.456 e. The first-order valence-corrected chi connectivity index (χ1v) is 19.2. The highest BCUT2D eigenvalue weighted by atomic mass is 16.3. The fourth-order valence-electron chi connectivity index (χ4n) is 8.44. The molecule has 10 aromatic rings. The van der Waals surface area contributed by atoms with Crippen LogP contribution in [-0.4, -0.2) is 15.0 Å². The molecule has 11 rings (SSSR count). The van der Waals surface area contributed by atoms with E-state index in [0.717, 1.165) is 56.2 Å². The van der Waals surface area contributed by atoms with Gasteiger partial charge in [0.05, 0.1) is 0 Å². The third-order valence-electron chi connectivity index (χ3n) is 11.3. The quantitative estimate of drug-likeness (QED) is 0.166. The molecule has 0 N–H and O–H groups in total. The average molecular weight is 718 g/mol. The van der Waals surface area contributed by atoms with Crippen LogP contribution in [0, 0.1) is 5.92 Å². The van der Waals surface area contributed by atoms with Gasteiger partial charge in [0.15, 0.2) is 17.5 Å². The van der Waals surface area contributed by atoms with E-state index in [2.05, 4.69) is 122 Å². The molecule has 8 aromatic carbocycles. The molecule has 0 bridgehead atoms. The molecule has 2 aromatic heterocycles. The second-order valence-corrected chi connectivity index (χ2v) is 14.9. The summed E-state index contributed by atoms with van der Waals surface area (Å²) in [5, 5.41) is 7.52. The summed E-state index contributed by atoms with van der Waals surface area (Å²) in [4.78, 5) is 14.8. The van der Waals surface area contributed by atoms with Crippen molar-refractivity contribution in [2.75, 3.05) is 0 Å². The van der Waals surface area contributed by atoms with E-state index in [1.54, 1.807) is 0 Å². The van der Waals surface area contributed by atoms with E-state index < -0.39 is 0 Å². The van der Waals surface area contributed by atoms with Crippen LogP contribution in [0.4, 0.5) is 0 Å². The van der Waals surface area contributed by atoms with Crippen LogP contribution in [0.5, 0.6) is 0 Å². The molecule has 1 unspecified atom stereocenters. The molecule has 0 spiro atoms. The first kappa shape index (κ1) is 32.3. The Bertz CT molecular complexity index is 3120. The fraction of sp³-hybridized carbons (Fsp3) is 0.0577. The van der Waals surface area contributed by atoms with Gasteiger partial charge in [0, 0.05) is 27.5 Å². The van der Waals surface area contributed by atoms with E-state index in [0.29, 0.717) is 23.4 Å². The molecule has 0 aliphatic heterocycles. The fourth-order valence-corrected chi connectivity index (χ4v) is 8.44. The van der Waals surface area contributed by atoms with E-state index >= 15 is 0 Å². The number of hydrogen-bond acceptors (Lipinski definition) is 4. The summed E-state index contributed by atoms with van der Waals surface area (Å²) in [6.07, 6.45) is 5.76. The topological polar surface area (TPSA) is 51.8 Å². The monoisotopic (exact) mass is 717 g/mol. The maximum atomic E-state index is 6.51. The third kappa shape index (κ3) is 5.49. The number of benzene rings is 8. The van der Waals surface area contributed by atoms with Crippen molar-refractivity contribution in [1.82, 2.24) is 15.0 Å². The molecule has 56 heavy (non-hydrogen) atoms. The Labute approximate surface area is 324 Å². The van der Waals surface area contributed by atoms with Crippen molar-refractivity contribution in [2.45, 2.75) is 13.3 Å². The molecule has 1 atom stereocenters. The largest absolute Gasteiger partial charge is 0.456 e. The van der Waals surface area contributed by atoms with Crippen molar-refractivity contribution >= 4 is 49.6 Å². The van der Waals surface area contributed by atoms with Gasteiger partial charge in [-0.15, -0.1) is 0 Å². The highest BCUT2D eigenvalue weighted by molar-refractivity contribution is 6.14. The van der Waals surface area contributed by atoms with Gasteiger partial charge in [0.2, 0.25) is 0 Å². The lowest BCUT2D eigenvalue weighted by Crippen LogP contribution is -2.05. The van der Waals surface area contributed by atoms with Gasteiger partial charge >= 0.3 is 0 Å². The summed E-state index contributed by atoms with van der Waals surface area (Å²) in [5.74, 6) is 2.45. The molecular formula is C52H35N3O. The van der Waals surface area contributed by atoms with Crippen molar-refractivity contribution in [1.29, 1.82) is 0 Å². The average Bonchev–Trinajstić information content (AvgIpc) is 3.64. The van der Waals surface area contributed by atoms with Crippen LogP contribution >= 0.6 is 0 Å². The van der Waals surface area contributed by atoms with Gasteiger partial charge in [-0.25, -0.2) is 15.0 Å². The van der Waals surface area contributed by atoms with Crippen LogP contribution in [0.1, 0.15) is 18.1 Å². The number of rotatable bonds is 5. The molecular weight excluding hydrogens is 683 g/mol. The number of hydrogen-bond donors (Lipinski definition) is 0. The third-order valence-corrected chi connectivity index (χ3v) is 11.3. The Hall–Kier alpha value is -7.17. The van der Waals surface area contributed by atoms with Gasteiger partial charge < -0.3 is 4.42 Å². The van der Waals surface area contributed by atoms with E-state index in [-0.39, 0.29) is 0 Å². The second-order valence-electron chi connectivity index (χ2n) is 14.9. The van der Waals surface area contributed by atoms with Crippen molar-refractivity contribution in [3.63, 3.8) is 0 Å². The lowest BCUT2D eigenvalue weighted by molar-refractivity contribution is 0.669. The van der Waals surface area contributed by atoms with Gasteiger partial charge in [-0.1, -0.05) is 146 Å². The molecule has 0 amide bonds. The summed E-state index contributed by atoms with van der Waals surface area (Å²) in [6.45, 7) is 2.31. The molecule has 0 radical (unpaired) electrons. The number of allylic oxidation sites excluding steroid dienone is 1. The molecule has 1 aliphatic carbocycles. The van der Waals surface area contributed by atoms with Crippen LogP contribution in [-0.2, 0) is 6.42 Å². The lowest BCUT2D eigenvalue weighted by Gasteiger charge is -2.21. The van der Waals surface area contributed by atoms with E-state index in [1.807, 2.05) is 60.7 Å². The molecule has 1 aliphatic rings. The lowest BCUT2D eigenvalue weighted by atomic mass is 9.83. The summed E-state index contributed by atoms with van der Waals surface area (Å²) in [5.41, 5.74) is 11.9. The summed E-state index contributed by atoms with van der Waals surface area (Å²) in [6, 6.07) is 57.5. The van der Waals surface area contributed by atoms with Crippen molar-refractivity contribution in [2.24, 2.45) is 5.92 Å².